The van der Waals surface area contributed by atoms with E-state index < -0.39 is 0 Å². The number of likely N-dealkylation sites (tertiary alicyclic amines) is 1. The molecule has 0 radical (unpaired) electrons. The highest BCUT2D eigenvalue weighted by atomic mass is 16.5. The molecule has 0 aromatic heterocycles. The van der Waals surface area contributed by atoms with E-state index >= 15 is 0 Å². The number of carbonyl (C=O) groups excluding carboxylic acids is 1. The molecule has 3 fully saturated rings. The van der Waals surface area contributed by atoms with E-state index in [2.05, 4.69) is 10.2 Å². The number of carbonyl (C=O) groups is 1. The van der Waals surface area contributed by atoms with E-state index in [1.54, 1.807) is 0 Å². The molecule has 0 aromatic rings. The molecule has 0 aromatic carbocycles. The summed E-state index contributed by atoms with van der Waals surface area (Å²) in [5, 5.41) is 3.52. The molecule has 0 aliphatic carbocycles. The second-order valence-electron chi connectivity index (χ2n) is 5.83. The molecule has 4 heteroatoms. The Morgan fingerprint density at radius 2 is 2.24 bits per heavy atom. The van der Waals surface area contributed by atoms with Gasteiger partial charge in [-0.15, -0.1) is 0 Å². The Kier molecular flexibility index (Phi) is 3.09. The van der Waals surface area contributed by atoms with Crippen molar-refractivity contribution in [1.29, 1.82) is 0 Å². The largest absolute Gasteiger partial charge is 0.464 e. The maximum atomic E-state index is 11.7. The Balaban J connectivity index is 1.68. The summed E-state index contributed by atoms with van der Waals surface area (Å²) in [4.78, 5) is 14.0. The van der Waals surface area contributed by atoms with Crippen molar-refractivity contribution in [3.8, 4) is 0 Å². The van der Waals surface area contributed by atoms with Crippen molar-refractivity contribution >= 4 is 5.97 Å². The summed E-state index contributed by atoms with van der Waals surface area (Å²) in [5.41, 5.74) is 0.430. The van der Waals surface area contributed by atoms with Crippen LogP contribution < -0.4 is 5.32 Å². The van der Waals surface area contributed by atoms with Crippen LogP contribution in [0.25, 0.3) is 0 Å². The minimum absolute atomic E-state index is 0.00539. The van der Waals surface area contributed by atoms with E-state index in [-0.39, 0.29) is 12.0 Å². The molecule has 3 heterocycles. The molecule has 0 bridgehead atoms. The minimum atomic E-state index is 0.00539. The molecule has 0 amide bonds. The van der Waals surface area contributed by atoms with Crippen molar-refractivity contribution in [2.75, 3.05) is 32.8 Å². The van der Waals surface area contributed by atoms with Crippen molar-refractivity contribution in [3.05, 3.63) is 0 Å². The first-order valence-corrected chi connectivity index (χ1v) is 6.91. The molecule has 4 nitrogen and oxygen atoms in total. The first kappa shape index (κ1) is 11.5. The zero-order chi connectivity index (χ0) is 11.7. The second-order valence-corrected chi connectivity index (χ2v) is 5.83. The lowest BCUT2D eigenvalue weighted by atomic mass is 9.74. The van der Waals surface area contributed by atoms with Crippen molar-refractivity contribution in [2.45, 2.75) is 38.1 Å². The van der Waals surface area contributed by atoms with Gasteiger partial charge in [0.15, 0.2) is 0 Å². The third-order valence-corrected chi connectivity index (χ3v) is 4.60. The van der Waals surface area contributed by atoms with Crippen LogP contribution in [-0.2, 0) is 9.53 Å². The van der Waals surface area contributed by atoms with Gasteiger partial charge in [0.25, 0.3) is 0 Å². The quantitative estimate of drug-likeness (QED) is 0.685. The van der Waals surface area contributed by atoms with Crippen molar-refractivity contribution < 1.29 is 9.53 Å². The number of rotatable bonds is 1. The Bertz CT molecular complexity index is 294. The summed E-state index contributed by atoms with van der Waals surface area (Å²) in [6.45, 7) is 5.06. The molecule has 1 N–H and O–H groups in total. The topological polar surface area (TPSA) is 41.6 Å². The minimum Gasteiger partial charge on any atom is -0.464 e. The van der Waals surface area contributed by atoms with Crippen molar-refractivity contribution in [2.24, 2.45) is 5.41 Å². The number of esters is 1. The Labute approximate surface area is 103 Å². The van der Waals surface area contributed by atoms with E-state index in [4.69, 9.17) is 4.74 Å². The number of cyclic esters (lactones) is 1. The molecular formula is C13H22N2O2. The molecule has 3 rings (SSSR count). The summed E-state index contributed by atoms with van der Waals surface area (Å²) in [7, 11) is 0. The Morgan fingerprint density at radius 3 is 2.94 bits per heavy atom. The van der Waals surface area contributed by atoms with Crippen molar-refractivity contribution in [3.63, 3.8) is 0 Å². The molecule has 17 heavy (non-hydrogen) atoms. The third-order valence-electron chi connectivity index (χ3n) is 4.60. The SMILES string of the molecule is O=C1OCCC1N1CCCC2(CCCNC2)C1. The average Bonchev–Trinajstić information content (AvgIpc) is 2.77. The summed E-state index contributed by atoms with van der Waals surface area (Å²) in [6.07, 6.45) is 6.04. The smallest absolute Gasteiger partial charge is 0.323 e. The number of ether oxygens (including phenoxy) is 1. The van der Waals surface area contributed by atoms with Crippen molar-refractivity contribution in [1.82, 2.24) is 10.2 Å². The number of nitrogens with zero attached hydrogens (tertiary/aromatic N) is 1. The van der Waals surface area contributed by atoms with E-state index in [1.807, 2.05) is 0 Å². The zero-order valence-corrected chi connectivity index (χ0v) is 10.4. The van der Waals surface area contributed by atoms with Gasteiger partial charge >= 0.3 is 5.97 Å². The molecule has 3 aliphatic heterocycles. The van der Waals surface area contributed by atoms with Gasteiger partial charge in [-0.1, -0.05) is 0 Å². The lowest BCUT2D eigenvalue weighted by molar-refractivity contribution is -0.143. The fourth-order valence-corrected chi connectivity index (χ4v) is 3.71. The van der Waals surface area contributed by atoms with E-state index in [9.17, 15) is 4.79 Å². The maximum absolute atomic E-state index is 11.7. The van der Waals surface area contributed by atoms with Gasteiger partial charge in [-0.2, -0.15) is 0 Å². The number of nitrogens with one attached hydrogen (secondary N) is 1. The standard InChI is InChI=1S/C13H22N2O2/c16-12-11(3-8-17-12)15-7-2-5-13(10-15)4-1-6-14-9-13/h11,14H,1-10H2. The molecule has 2 unspecified atom stereocenters. The van der Waals surface area contributed by atoms with Crippen LogP contribution in [0.15, 0.2) is 0 Å². The lowest BCUT2D eigenvalue weighted by Gasteiger charge is -2.46. The number of piperidine rings is 2. The number of hydrogen-bond donors (Lipinski definition) is 1. The monoisotopic (exact) mass is 238 g/mol. The van der Waals surface area contributed by atoms with Crippen LogP contribution in [0.4, 0.5) is 0 Å². The van der Waals surface area contributed by atoms with Gasteiger partial charge in [-0.3, -0.25) is 9.69 Å². The second kappa shape index (κ2) is 4.58. The highest BCUT2D eigenvalue weighted by Gasteiger charge is 2.41. The predicted molar refractivity (Wildman–Crippen MR) is 64.7 cm³/mol. The first-order valence-electron chi connectivity index (χ1n) is 6.91. The Morgan fingerprint density at radius 1 is 1.35 bits per heavy atom. The van der Waals surface area contributed by atoms with Crippen LogP contribution in [0.5, 0.6) is 0 Å². The fraction of sp³-hybridized carbons (Fsp3) is 0.923. The Hall–Kier alpha value is -0.610. The molecule has 3 aliphatic rings. The lowest BCUT2D eigenvalue weighted by Crippen LogP contribution is -2.54. The first-order chi connectivity index (χ1) is 8.29. The highest BCUT2D eigenvalue weighted by molar-refractivity contribution is 5.77. The molecule has 0 saturated carbocycles. The van der Waals surface area contributed by atoms with Crippen LogP contribution >= 0.6 is 0 Å². The van der Waals surface area contributed by atoms with E-state index in [0.717, 1.165) is 32.6 Å². The van der Waals surface area contributed by atoms with Crippen LogP contribution in [0.1, 0.15) is 32.1 Å². The molecule has 1 spiro atoms. The zero-order valence-electron chi connectivity index (χ0n) is 10.4. The molecular weight excluding hydrogens is 216 g/mol. The van der Waals surface area contributed by atoms with Gasteiger partial charge < -0.3 is 10.1 Å². The average molecular weight is 238 g/mol. The van der Waals surface area contributed by atoms with Gasteiger partial charge in [0, 0.05) is 19.5 Å². The summed E-state index contributed by atoms with van der Waals surface area (Å²) in [6, 6.07) is 0.0501. The highest BCUT2D eigenvalue weighted by Crippen LogP contribution is 2.37. The number of hydrogen-bond acceptors (Lipinski definition) is 4. The van der Waals surface area contributed by atoms with Gasteiger partial charge in [-0.05, 0) is 44.2 Å². The van der Waals surface area contributed by atoms with Gasteiger partial charge in [0.1, 0.15) is 6.04 Å². The maximum Gasteiger partial charge on any atom is 0.323 e. The normalized spacial score (nSPS) is 39.5. The summed E-state index contributed by atoms with van der Waals surface area (Å²) >= 11 is 0. The third kappa shape index (κ3) is 2.20. The van der Waals surface area contributed by atoms with Crippen LogP contribution in [0.2, 0.25) is 0 Å². The van der Waals surface area contributed by atoms with E-state index in [0.29, 0.717) is 12.0 Å². The summed E-state index contributed by atoms with van der Waals surface area (Å²) < 4.78 is 5.10. The molecule has 2 atom stereocenters. The summed E-state index contributed by atoms with van der Waals surface area (Å²) in [5.74, 6) is 0.00539. The van der Waals surface area contributed by atoms with E-state index in [1.165, 1.54) is 25.7 Å². The van der Waals surface area contributed by atoms with Crippen LogP contribution in [-0.4, -0.2) is 49.7 Å². The van der Waals surface area contributed by atoms with Crippen LogP contribution in [0, 0.1) is 5.41 Å². The van der Waals surface area contributed by atoms with Crippen LogP contribution in [0.3, 0.4) is 0 Å². The molecule has 3 saturated heterocycles. The van der Waals surface area contributed by atoms with Gasteiger partial charge in [0.05, 0.1) is 6.61 Å². The van der Waals surface area contributed by atoms with Gasteiger partial charge in [0.2, 0.25) is 0 Å². The fourth-order valence-electron chi connectivity index (χ4n) is 3.71. The van der Waals surface area contributed by atoms with Gasteiger partial charge in [-0.25, -0.2) is 0 Å². The predicted octanol–water partition coefficient (Wildman–Crippen LogP) is 0.767. The molecule has 96 valence electrons.